The molecule has 8 nitrogen and oxygen atoms in total. The largest absolute Gasteiger partial charge is 0.333 e. The maximum absolute atomic E-state index is 12.5. The summed E-state index contributed by atoms with van der Waals surface area (Å²) in [6, 6.07) is 5.74. The Hall–Kier alpha value is -1.97. The molecule has 0 aromatic heterocycles. The molecule has 2 rings (SSSR count). The third-order valence-corrected chi connectivity index (χ3v) is 6.54. The molecule has 1 heterocycles. The number of imide groups is 1. The predicted molar refractivity (Wildman–Crippen MR) is 117 cm³/mol. The smallest absolute Gasteiger partial charge is 0.321 e. The molecule has 0 spiro atoms. The second-order valence-electron chi connectivity index (χ2n) is 9.04. The third kappa shape index (κ3) is 7.37. The average Bonchev–Trinajstić information content (AvgIpc) is 2.65. The van der Waals surface area contributed by atoms with Gasteiger partial charge < -0.3 is 5.32 Å². The molecule has 1 aliphatic rings. The zero-order valence-corrected chi connectivity index (χ0v) is 19.3. The summed E-state index contributed by atoms with van der Waals surface area (Å²) in [6.45, 7) is 10.8. The molecule has 168 valence electrons. The molecule has 30 heavy (non-hydrogen) atoms. The Kier molecular flexibility index (Phi) is 8.01. The Labute approximate surface area is 179 Å². The minimum atomic E-state index is -3.56. The van der Waals surface area contributed by atoms with Crippen LogP contribution in [0.25, 0.3) is 0 Å². The first-order valence-electron chi connectivity index (χ1n) is 10.3. The summed E-state index contributed by atoms with van der Waals surface area (Å²) in [5.41, 5.74) is 0.568. The molecule has 9 heteroatoms. The van der Waals surface area contributed by atoms with Crippen LogP contribution >= 0.6 is 0 Å². The molecule has 1 aromatic carbocycles. The monoisotopic (exact) mass is 438 g/mol. The Bertz CT molecular complexity index is 847. The molecule has 1 aromatic rings. The zero-order valence-electron chi connectivity index (χ0n) is 18.5. The van der Waals surface area contributed by atoms with Crippen LogP contribution in [-0.4, -0.2) is 56.5 Å². The Morgan fingerprint density at radius 1 is 1.20 bits per heavy atom. The maximum Gasteiger partial charge on any atom is 0.321 e. The van der Waals surface area contributed by atoms with Crippen LogP contribution in [0.5, 0.6) is 0 Å². The van der Waals surface area contributed by atoms with E-state index in [2.05, 4.69) is 15.4 Å². The van der Waals surface area contributed by atoms with Crippen LogP contribution in [0, 0.1) is 12.8 Å². The van der Waals surface area contributed by atoms with Crippen LogP contribution in [0.3, 0.4) is 0 Å². The van der Waals surface area contributed by atoms with Crippen molar-refractivity contribution in [2.24, 2.45) is 5.92 Å². The molecule has 0 saturated carbocycles. The molecule has 1 fully saturated rings. The molecule has 3 amide bonds. The van der Waals surface area contributed by atoms with Crippen LogP contribution in [-0.2, 0) is 14.8 Å². The highest BCUT2D eigenvalue weighted by molar-refractivity contribution is 7.89. The Morgan fingerprint density at radius 3 is 2.43 bits per heavy atom. The van der Waals surface area contributed by atoms with Crippen LogP contribution in [0.4, 0.5) is 4.79 Å². The molecule has 3 N–H and O–H groups in total. The van der Waals surface area contributed by atoms with Gasteiger partial charge >= 0.3 is 6.03 Å². The van der Waals surface area contributed by atoms with E-state index in [0.29, 0.717) is 13.1 Å². The molecular weight excluding hydrogens is 404 g/mol. The number of nitrogens with zero attached hydrogens (tertiary/aromatic N) is 1. The summed E-state index contributed by atoms with van der Waals surface area (Å²) in [4.78, 5) is 26.6. The number of sulfonamides is 1. The third-order valence-electron chi connectivity index (χ3n) is 5.10. The summed E-state index contributed by atoms with van der Waals surface area (Å²) < 4.78 is 27.7. The normalized spacial score (nSPS) is 19.2. The second-order valence-corrected chi connectivity index (χ2v) is 10.8. The Balaban J connectivity index is 1.89. The topological polar surface area (TPSA) is 108 Å². The molecule has 2 unspecified atom stereocenters. The lowest BCUT2D eigenvalue weighted by molar-refractivity contribution is -0.125. The number of piperidine rings is 1. The standard InChI is InChI=1S/C21H34N4O4S/c1-15-8-10-18(11-9-15)30(28,29)22-13-17-7-6-12-25(14-17)16(2)19(26)23-20(27)24-21(3,4)5/h8-11,16-17,22H,6-7,12-14H2,1-5H3,(H2,23,24,26,27). The SMILES string of the molecule is Cc1ccc(S(=O)(=O)NCC2CCCN(C(C)C(=O)NC(=O)NC(C)(C)C)C2)cc1. The van der Waals surface area contributed by atoms with Gasteiger partial charge in [0.25, 0.3) is 0 Å². The van der Waals surface area contributed by atoms with Gasteiger partial charge in [-0.2, -0.15) is 0 Å². The number of nitrogens with one attached hydrogen (secondary N) is 3. The number of carbonyl (C=O) groups excluding carboxylic acids is 2. The predicted octanol–water partition coefficient (Wildman–Crippen LogP) is 2.00. The van der Waals surface area contributed by atoms with Crippen molar-refractivity contribution in [3.63, 3.8) is 0 Å². The van der Waals surface area contributed by atoms with Crippen molar-refractivity contribution in [2.45, 2.75) is 63.9 Å². The number of amides is 3. The first kappa shape index (κ1) is 24.3. The lowest BCUT2D eigenvalue weighted by Gasteiger charge is -2.36. The van der Waals surface area contributed by atoms with E-state index in [-0.39, 0.29) is 16.7 Å². The first-order chi connectivity index (χ1) is 13.9. The minimum absolute atomic E-state index is 0.0950. The van der Waals surface area contributed by atoms with Gasteiger partial charge in [0.1, 0.15) is 0 Å². The van der Waals surface area contributed by atoms with Crippen LogP contribution in [0.15, 0.2) is 29.2 Å². The van der Waals surface area contributed by atoms with Crippen molar-refractivity contribution in [1.29, 1.82) is 0 Å². The maximum atomic E-state index is 12.5. The molecule has 0 radical (unpaired) electrons. The van der Waals surface area contributed by atoms with E-state index in [1.165, 1.54) is 0 Å². The zero-order chi connectivity index (χ0) is 22.5. The highest BCUT2D eigenvalue weighted by Gasteiger charge is 2.29. The molecule has 1 aliphatic heterocycles. The van der Waals surface area contributed by atoms with Crippen molar-refractivity contribution in [2.75, 3.05) is 19.6 Å². The van der Waals surface area contributed by atoms with Gasteiger partial charge in [-0.15, -0.1) is 0 Å². The van der Waals surface area contributed by atoms with Gasteiger partial charge in [0.05, 0.1) is 10.9 Å². The number of hydrogen-bond acceptors (Lipinski definition) is 5. The van der Waals surface area contributed by atoms with Crippen molar-refractivity contribution in [1.82, 2.24) is 20.3 Å². The molecule has 0 aliphatic carbocycles. The molecule has 0 bridgehead atoms. The number of benzene rings is 1. The fourth-order valence-corrected chi connectivity index (χ4v) is 4.51. The number of aryl methyl sites for hydroxylation is 1. The van der Waals surface area contributed by atoms with E-state index >= 15 is 0 Å². The fourth-order valence-electron chi connectivity index (χ4n) is 3.40. The lowest BCUT2D eigenvalue weighted by atomic mass is 9.97. The van der Waals surface area contributed by atoms with E-state index in [9.17, 15) is 18.0 Å². The quantitative estimate of drug-likeness (QED) is 0.630. The summed E-state index contributed by atoms with van der Waals surface area (Å²) in [5.74, 6) is -0.268. The highest BCUT2D eigenvalue weighted by Crippen LogP contribution is 2.19. The number of rotatable bonds is 6. The summed E-state index contributed by atoms with van der Waals surface area (Å²) in [5, 5.41) is 5.09. The van der Waals surface area contributed by atoms with Crippen LogP contribution in [0.1, 0.15) is 46.1 Å². The second kappa shape index (κ2) is 9.89. The van der Waals surface area contributed by atoms with Crippen molar-refractivity contribution < 1.29 is 18.0 Å². The molecular formula is C21H34N4O4S. The first-order valence-corrected chi connectivity index (χ1v) is 11.8. The number of hydrogen-bond donors (Lipinski definition) is 3. The lowest BCUT2D eigenvalue weighted by Crippen LogP contribution is -2.55. The van der Waals surface area contributed by atoms with Gasteiger partial charge in [0.15, 0.2) is 0 Å². The van der Waals surface area contributed by atoms with Gasteiger partial charge in [-0.05, 0) is 72.1 Å². The molecule has 1 saturated heterocycles. The van der Waals surface area contributed by atoms with Crippen LogP contribution < -0.4 is 15.4 Å². The van der Waals surface area contributed by atoms with Crippen molar-refractivity contribution in [3.8, 4) is 0 Å². The van der Waals surface area contributed by atoms with Gasteiger partial charge in [-0.3, -0.25) is 15.0 Å². The number of carbonyl (C=O) groups is 2. The highest BCUT2D eigenvalue weighted by atomic mass is 32.2. The van der Waals surface area contributed by atoms with E-state index in [4.69, 9.17) is 0 Å². The van der Waals surface area contributed by atoms with E-state index < -0.39 is 27.6 Å². The number of urea groups is 1. The minimum Gasteiger partial charge on any atom is -0.333 e. The average molecular weight is 439 g/mol. The van der Waals surface area contributed by atoms with Crippen LogP contribution in [0.2, 0.25) is 0 Å². The van der Waals surface area contributed by atoms with Crippen molar-refractivity contribution >= 4 is 22.0 Å². The van der Waals surface area contributed by atoms with Gasteiger partial charge in [-0.25, -0.2) is 17.9 Å². The summed E-state index contributed by atoms with van der Waals surface area (Å²) in [6.07, 6.45) is 1.74. The van der Waals surface area contributed by atoms with Gasteiger partial charge in [-0.1, -0.05) is 17.7 Å². The Morgan fingerprint density at radius 2 is 1.83 bits per heavy atom. The fraction of sp³-hybridized carbons (Fsp3) is 0.619. The summed E-state index contributed by atoms with van der Waals surface area (Å²) >= 11 is 0. The molecule has 2 atom stereocenters. The van der Waals surface area contributed by atoms with Crippen molar-refractivity contribution in [3.05, 3.63) is 29.8 Å². The van der Waals surface area contributed by atoms with Gasteiger partial charge in [0, 0.05) is 18.6 Å². The van der Waals surface area contributed by atoms with Gasteiger partial charge in [0.2, 0.25) is 15.9 Å². The summed E-state index contributed by atoms with van der Waals surface area (Å²) in [7, 11) is -3.56. The van der Waals surface area contributed by atoms with E-state index in [0.717, 1.165) is 24.9 Å². The van der Waals surface area contributed by atoms with E-state index in [1.807, 2.05) is 32.6 Å². The number of likely N-dealkylation sites (tertiary alicyclic amines) is 1. The van der Waals surface area contributed by atoms with E-state index in [1.54, 1.807) is 31.2 Å².